The molecule has 0 amide bonds. The van der Waals surface area contributed by atoms with Crippen LogP contribution in [0.5, 0.6) is 0 Å². The van der Waals surface area contributed by atoms with E-state index in [2.05, 4.69) is 31.7 Å². The molecule has 20 heavy (non-hydrogen) atoms. The number of hydrogen-bond donors (Lipinski definition) is 0. The van der Waals surface area contributed by atoms with Crippen molar-refractivity contribution in [3.63, 3.8) is 0 Å². The smallest absolute Gasteiger partial charge is 0.340 e. The molecule has 2 unspecified atom stereocenters. The lowest BCUT2D eigenvalue weighted by molar-refractivity contribution is 0.0150. The van der Waals surface area contributed by atoms with E-state index in [-0.39, 0.29) is 17.6 Å². The van der Waals surface area contributed by atoms with Crippen LogP contribution in [0.25, 0.3) is 0 Å². The Kier molecular flexibility index (Phi) is 3.23. The van der Waals surface area contributed by atoms with Crippen molar-refractivity contribution in [2.45, 2.75) is 64.1 Å². The van der Waals surface area contributed by atoms with E-state index in [0.29, 0.717) is 11.6 Å². The summed E-state index contributed by atoms with van der Waals surface area (Å²) in [6.45, 7) is 6.64. The molecular weight excluding hydrogens is 250 g/mol. The second kappa shape index (κ2) is 4.80. The van der Waals surface area contributed by atoms with E-state index < -0.39 is 0 Å². The summed E-state index contributed by atoms with van der Waals surface area (Å²) in [7, 11) is 0. The summed E-state index contributed by atoms with van der Waals surface area (Å²) in [6, 6.07) is 8.16. The number of rotatable bonds is 0. The second-order valence-electron chi connectivity index (χ2n) is 6.85. The average molecular weight is 273 g/mol. The molecule has 1 fully saturated rings. The third-order valence-corrected chi connectivity index (χ3v) is 4.36. The molecule has 1 aromatic carbocycles. The van der Waals surface area contributed by atoms with Crippen molar-refractivity contribution < 1.29 is 9.53 Å². The van der Waals surface area contributed by atoms with Crippen molar-refractivity contribution in [1.82, 2.24) is 0 Å². The van der Waals surface area contributed by atoms with Gasteiger partial charge in [-0.2, -0.15) is 0 Å². The molecule has 0 radical (unpaired) electrons. The number of fused-ring (bicyclic) bond motifs is 2. The van der Waals surface area contributed by atoms with Gasteiger partial charge in [-0.3, -0.25) is 0 Å². The molecule has 1 heterocycles. The minimum atomic E-state index is -0.163. The lowest BCUT2D eigenvalue weighted by atomic mass is 9.88. The van der Waals surface area contributed by atoms with Crippen molar-refractivity contribution in [3.8, 4) is 0 Å². The predicted molar refractivity (Wildman–Crippen MR) is 80.1 cm³/mol. The largest absolute Gasteiger partial charge is 0.457 e. The second-order valence-corrected chi connectivity index (χ2v) is 6.85. The molecule has 2 atom stereocenters. The zero-order valence-corrected chi connectivity index (χ0v) is 12.6. The van der Waals surface area contributed by atoms with Crippen LogP contribution in [0, 0.1) is 0 Å². The number of carbonyl (C=O) groups excluding carboxylic acids is 1. The Morgan fingerprint density at radius 1 is 1.15 bits per heavy atom. The monoisotopic (exact) mass is 273 g/mol. The van der Waals surface area contributed by atoms with Crippen molar-refractivity contribution in [2.24, 2.45) is 0 Å². The number of hydrogen-bond acceptors (Lipinski definition) is 3. The number of ether oxygens (including phenoxy) is 1. The molecule has 1 aliphatic heterocycles. The van der Waals surface area contributed by atoms with E-state index >= 15 is 0 Å². The summed E-state index contributed by atoms with van der Waals surface area (Å²) in [4.78, 5) is 14.8. The first-order valence-corrected chi connectivity index (χ1v) is 7.58. The van der Waals surface area contributed by atoms with Crippen LogP contribution in [-0.2, 0) is 4.74 Å². The lowest BCUT2D eigenvalue weighted by Gasteiger charge is -2.46. The highest BCUT2D eigenvalue weighted by molar-refractivity contribution is 5.97. The fourth-order valence-corrected chi connectivity index (χ4v) is 3.60. The molecule has 3 heteroatoms. The molecular formula is C17H23NO2. The van der Waals surface area contributed by atoms with Gasteiger partial charge in [0.25, 0.3) is 0 Å². The van der Waals surface area contributed by atoms with Crippen LogP contribution in [0.15, 0.2) is 24.3 Å². The fraction of sp³-hybridized carbons (Fsp3) is 0.588. The van der Waals surface area contributed by atoms with Crippen LogP contribution in [0.3, 0.4) is 0 Å². The standard InChI is InChI=1S/C17H23NO2/c1-17(2,3)18-13-9-5-4-8-12(13)16(19)20-15-11-7-6-10-14(15)18/h4-5,8-9,14-15H,6-7,10-11H2,1-3H3. The summed E-state index contributed by atoms with van der Waals surface area (Å²) in [5.41, 5.74) is 1.71. The van der Waals surface area contributed by atoms with E-state index in [0.717, 1.165) is 24.9 Å². The predicted octanol–water partition coefficient (Wildman–Crippen LogP) is 3.77. The lowest BCUT2D eigenvalue weighted by Crippen LogP contribution is -2.54. The molecule has 0 bridgehead atoms. The van der Waals surface area contributed by atoms with E-state index in [1.165, 1.54) is 6.42 Å². The Balaban J connectivity index is 2.14. The Morgan fingerprint density at radius 2 is 1.85 bits per heavy atom. The zero-order valence-electron chi connectivity index (χ0n) is 12.6. The van der Waals surface area contributed by atoms with E-state index in [4.69, 9.17) is 4.74 Å². The summed E-state index contributed by atoms with van der Waals surface area (Å²) in [6.07, 6.45) is 4.49. The van der Waals surface area contributed by atoms with Crippen LogP contribution >= 0.6 is 0 Å². The third kappa shape index (κ3) is 2.19. The van der Waals surface area contributed by atoms with Gasteiger partial charge in [-0.1, -0.05) is 18.6 Å². The molecule has 0 N–H and O–H groups in total. The maximum Gasteiger partial charge on any atom is 0.340 e. The van der Waals surface area contributed by atoms with Gasteiger partial charge in [-0.25, -0.2) is 4.79 Å². The Morgan fingerprint density at radius 3 is 2.60 bits per heavy atom. The van der Waals surface area contributed by atoms with E-state index in [9.17, 15) is 4.79 Å². The van der Waals surface area contributed by atoms with Crippen molar-refractivity contribution in [2.75, 3.05) is 4.90 Å². The van der Waals surface area contributed by atoms with Gasteiger partial charge in [0.2, 0.25) is 0 Å². The van der Waals surface area contributed by atoms with Crippen molar-refractivity contribution in [3.05, 3.63) is 29.8 Å². The topological polar surface area (TPSA) is 29.5 Å². The van der Waals surface area contributed by atoms with Gasteiger partial charge in [0.05, 0.1) is 17.3 Å². The number of anilines is 1. The van der Waals surface area contributed by atoms with Crippen LogP contribution < -0.4 is 4.90 Å². The number of carbonyl (C=O) groups is 1. The third-order valence-electron chi connectivity index (χ3n) is 4.36. The molecule has 0 aromatic heterocycles. The molecule has 108 valence electrons. The first-order valence-electron chi connectivity index (χ1n) is 7.58. The molecule has 2 aliphatic rings. The fourth-order valence-electron chi connectivity index (χ4n) is 3.60. The van der Waals surface area contributed by atoms with Gasteiger partial charge in [-0.05, 0) is 52.2 Å². The molecule has 3 rings (SSSR count). The quantitative estimate of drug-likeness (QED) is 0.674. The van der Waals surface area contributed by atoms with Gasteiger partial charge in [0, 0.05) is 5.54 Å². The number of para-hydroxylation sites is 1. The maximum atomic E-state index is 12.4. The number of benzene rings is 1. The first kappa shape index (κ1) is 13.5. The molecule has 1 saturated carbocycles. The molecule has 1 aliphatic carbocycles. The highest BCUT2D eigenvalue weighted by Crippen LogP contribution is 2.39. The van der Waals surface area contributed by atoms with Crippen LogP contribution in [0.1, 0.15) is 56.8 Å². The van der Waals surface area contributed by atoms with Crippen LogP contribution in [-0.4, -0.2) is 23.7 Å². The Hall–Kier alpha value is -1.51. The van der Waals surface area contributed by atoms with E-state index in [1.807, 2.05) is 18.2 Å². The Bertz CT molecular complexity index is 518. The highest BCUT2D eigenvalue weighted by Gasteiger charge is 2.41. The van der Waals surface area contributed by atoms with Gasteiger partial charge >= 0.3 is 5.97 Å². The van der Waals surface area contributed by atoms with Crippen molar-refractivity contribution >= 4 is 11.7 Å². The average Bonchev–Trinajstić information content (AvgIpc) is 2.52. The highest BCUT2D eigenvalue weighted by atomic mass is 16.5. The maximum absolute atomic E-state index is 12.4. The van der Waals surface area contributed by atoms with Gasteiger partial charge in [0.15, 0.2) is 0 Å². The minimum Gasteiger partial charge on any atom is -0.457 e. The minimum absolute atomic E-state index is 0.0235. The normalized spacial score (nSPS) is 26.4. The number of nitrogens with zero attached hydrogens (tertiary/aromatic N) is 1. The number of esters is 1. The molecule has 0 saturated heterocycles. The van der Waals surface area contributed by atoms with Crippen LogP contribution in [0.4, 0.5) is 5.69 Å². The Labute approximate surface area is 120 Å². The van der Waals surface area contributed by atoms with Gasteiger partial charge < -0.3 is 9.64 Å². The summed E-state index contributed by atoms with van der Waals surface area (Å²) < 4.78 is 5.79. The van der Waals surface area contributed by atoms with Gasteiger partial charge in [-0.15, -0.1) is 0 Å². The van der Waals surface area contributed by atoms with E-state index in [1.54, 1.807) is 0 Å². The summed E-state index contributed by atoms with van der Waals surface area (Å²) in [5, 5.41) is 0. The van der Waals surface area contributed by atoms with Crippen LogP contribution in [0.2, 0.25) is 0 Å². The first-order chi connectivity index (χ1) is 9.48. The zero-order chi connectivity index (χ0) is 14.3. The van der Waals surface area contributed by atoms with Gasteiger partial charge in [0.1, 0.15) is 6.10 Å². The molecule has 0 spiro atoms. The molecule has 1 aromatic rings. The van der Waals surface area contributed by atoms with Crippen molar-refractivity contribution in [1.29, 1.82) is 0 Å². The summed E-state index contributed by atoms with van der Waals surface area (Å²) >= 11 is 0. The molecule has 3 nitrogen and oxygen atoms in total. The SMILES string of the molecule is CC(C)(C)N1c2ccccc2C(=O)OC2CCCCC21. The summed E-state index contributed by atoms with van der Waals surface area (Å²) in [5.74, 6) is -0.163.